The zero-order valence-corrected chi connectivity index (χ0v) is 16.6. The van der Waals surface area contributed by atoms with Crippen molar-refractivity contribution in [3.05, 3.63) is 47.4 Å². The van der Waals surface area contributed by atoms with Crippen LogP contribution in [0.5, 0.6) is 0 Å². The van der Waals surface area contributed by atoms with Gasteiger partial charge in [0.25, 0.3) is 0 Å². The lowest BCUT2D eigenvalue weighted by Gasteiger charge is -2.35. The number of benzene rings is 1. The van der Waals surface area contributed by atoms with E-state index in [2.05, 4.69) is 54.9 Å². The van der Waals surface area contributed by atoms with Gasteiger partial charge in [0.1, 0.15) is 6.29 Å². The third-order valence-electron chi connectivity index (χ3n) is 6.16. The molecule has 29 heavy (non-hydrogen) atoms. The highest BCUT2D eigenvalue weighted by Gasteiger charge is 2.36. The number of nitrogens with zero attached hydrogens (tertiary/aromatic N) is 3. The van der Waals surface area contributed by atoms with Gasteiger partial charge in [0.05, 0.1) is 12.2 Å². The number of anilines is 2. The first-order chi connectivity index (χ1) is 14.2. The minimum absolute atomic E-state index is 0.255. The van der Waals surface area contributed by atoms with Crippen molar-refractivity contribution in [1.29, 1.82) is 0 Å². The first-order valence-electron chi connectivity index (χ1n) is 10.4. The molecule has 1 fully saturated rings. The number of aldehydes is 1. The van der Waals surface area contributed by atoms with Crippen LogP contribution in [0.15, 0.2) is 30.5 Å². The molecule has 0 spiro atoms. The van der Waals surface area contributed by atoms with Gasteiger partial charge in [-0.15, -0.1) is 0 Å². The maximum absolute atomic E-state index is 11.2. The van der Waals surface area contributed by atoms with E-state index < -0.39 is 0 Å². The summed E-state index contributed by atoms with van der Waals surface area (Å²) in [6, 6.07) is 8.60. The predicted octanol–water partition coefficient (Wildman–Crippen LogP) is 3.75. The molecular formula is C22H26N6O. The van der Waals surface area contributed by atoms with Gasteiger partial charge >= 0.3 is 0 Å². The second-order valence-electron chi connectivity index (χ2n) is 8.16. The molecule has 1 aromatic carbocycles. The number of carbonyl (C=O) groups is 1. The third kappa shape index (κ3) is 3.58. The van der Waals surface area contributed by atoms with Gasteiger partial charge in [0.15, 0.2) is 5.82 Å². The minimum Gasteiger partial charge on any atom is -0.338 e. The molecule has 0 bridgehead atoms. The van der Waals surface area contributed by atoms with Crippen LogP contribution < -0.4 is 5.32 Å². The van der Waals surface area contributed by atoms with Gasteiger partial charge in [0.2, 0.25) is 0 Å². The standard InChI is InChI=1S/C22H26N6O/c1-14-18(13-23-25-14)16-4-6-17(7-5-16)24-22-21-19(26-27-22)8-9-28(10-11-29)20(21)12-15-2-3-15/h4-7,11,13,15,20H,2-3,8-10,12H2,1H3,(H,23,25)(H2,24,26,27). The molecule has 5 rings (SSSR count). The van der Waals surface area contributed by atoms with Crippen LogP contribution in [0, 0.1) is 12.8 Å². The summed E-state index contributed by atoms with van der Waals surface area (Å²) in [5.74, 6) is 1.66. The first-order valence-corrected chi connectivity index (χ1v) is 10.4. The number of nitrogens with one attached hydrogen (secondary N) is 3. The molecular weight excluding hydrogens is 364 g/mol. The molecule has 7 heteroatoms. The lowest BCUT2D eigenvalue weighted by Crippen LogP contribution is -2.37. The fourth-order valence-electron chi connectivity index (χ4n) is 4.40. The third-order valence-corrected chi connectivity index (χ3v) is 6.16. The van der Waals surface area contributed by atoms with Crippen LogP contribution >= 0.6 is 0 Å². The minimum atomic E-state index is 0.255. The van der Waals surface area contributed by atoms with Crippen LogP contribution in [0.4, 0.5) is 11.5 Å². The van der Waals surface area contributed by atoms with E-state index in [1.54, 1.807) is 0 Å². The van der Waals surface area contributed by atoms with Gasteiger partial charge in [-0.05, 0) is 37.0 Å². The van der Waals surface area contributed by atoms with Gasteiger partial charge in [-0.1, -0.05) is 25.0 Å². The van der Waals surface area contributed by atoms with Crippen LogP contribution in [-0.2, 0) is 11.2 Å². The molecule has 150 valence electrons. The highest BCUT2D eigenvalue weighted by atomic mass is 16.1. The normalized spacial score (nSPS) is 19.1. The van der Waals surface area contributed by atoms with E-state index in [-0.39, 0.29) is 6.04 Å². The van der Waals surface area contributed by atoms with E-state index in [9.17, 15) is 4.79 Å². The highest BCUT2D eigenvalue weighted by molar-refractivity contribution is 5.69. The summed E-state index contributed by atoms with van der Waals surface area (Å²) in [4.78, 5) is 13.5. The zero-order valence-electron chi connectivity index (χ0n) is 16.6. The Labute approximate surface area is 169 Å². The lowest BCUT2D eigenvalue weighted by atomic mass is 9.93. The first kappa shape index (κ1) is 18.1. The van der Waals surface area contributed by atoms with Crippen LogP contribution in [0.3, 0.4) is 0 Å². The van der Waals surface area contributed by atoms with Crippen molar-refractivity contribution in [1.82, 2.24) is 25.3 Å². The average Bonchev–Trinajstić information content (AvgIpc) is 3.30. The Morgan fingerprint density at radius 2 is 2.07 bits per heavy atom. The number of hydrogen-bond acceptors (Lipinski definition) is 5. The van der Waals surface area contributed by atoms with Gasteiger partial charge in [-0.25, -0.2) is 0 Å². The lowest BCUT2D eigenvalue weighted by molar-refractivity contribution is -0.109. The number of carbonyl (C=O) groups excluding carboxylic acids is 1. The summed E-state index contributed by atoms with van der Waals surface area (Å²) in [5.41, 5.74) is 6.68. The molecule has 2 aromatic heterocycles. The Morgan fingerprint density at radius 1 is 1.24 bits per heavy atom. The Balaban J connectivity index is 1.40. The fraction of sp³-hybridized carbons (Fsp3) is 0.409. The highest BCUT2D eigenvalue weighted by Crippen LogP contribution is 2.44. The molecule has 1 unspecified atom stereocenters. The van der Waals surface area contributed by atoms with Gasteiger partial charge in [-0.2, -0.15) is 10.2 Å². The molecule has 1 atom stereocenters. The Kier molecular flexibility index (Phi) is 4.67. The number of aromatic amines is 2. The van der Waals surface area contributed by atoms with Crippen LogP contribution in [0.2, 0.25) is 0 Å². The van der Waals surface area contributed by atoms with Crippen molar-refractivity contribution in [2.75, 3.05) is 18.4 Å². The van der Waals surface area contributed by atoms with E-state index in [4.69, 9.17) is 0 Å². The molecule has 0 saturated heterocycles. The second-order valence-corrected chi connectivity index (χ2v) is 8.16. The van der Waals surface area contributed by atoms with E-state index in [1.165, 1.54) is 24.1 Å². The van der Waals surface area contributed by atoms with Crippen molar-refractivity contribution >= 4 is 17.8 Å². The van der Waals surface area contributed by atoms with Crippen LogP contribution in [-0.4, -0.2) is 44.7 Å². The number of hydrogen-bond donors (Lipinski definition) is 3. The Bertz CT molecular complexity index is 1000. The fourth-order valence-corrected chi connectivity index (χ4v) is 4.40. The van der Waals surface area contributed by atoms with E-state index in [0.717, 1.165) is 59.9 Å². The summed E-state index contributed by atoms with van der Waals surface area (Å²) < 4.78 is 0. The molecule has 0 amide bonds. The number of H-pyrrole nitrogens is 2. The summed E-state index contributed by atoms with van der Waals surface area (Å²) in [6.07, 6.45) is 7.55. The smallest absolute Gasteiger partial charge is 0.157 e. The van der Waals surface area contributed by atoms with Crippen molar-refractivity contribution in [3.63, 3.8) is 0 Å². The maximum Gasteiger partial charge on any atom is 0.157 e. The molecule has 2 aliphatic rings. The largest absolute Gasteiger partial charge is 0.338 e. The molecule has 3 heterocycles. The number of aromatic nitrogens is 4. The van der Waals surface area contributed by atoms with E-state index in [1.807, 2.05) is 13.1 Å². The van der Waals surface area contributed by atoms with Gasteiger partial charge < -0.3 is 10.1 Å². The summed E-state index contributed by atoms with van der Waals surface area (Å²) in [5, 5.41) is 18.4. The summed E-state index contributed by atoms with van der Waals surface area (Å²) in [7, 11) is 0. The Morgan fingerprint density at radius 3 is 2.76 bits per heavy atom. The SMILES string of the molecule is Cc1n[nH]cc1-c1ccc(Nc2n[nH]c3c2C(CC2CC2)N(CC=O)CC3)cc1. The van der Waals surface area contributed by atoms with Crippen molar-refractivity contribution < 1.29 is 4.79 Å². The maximum atomic E-state index is 11.2. The van der Waals surface area contributed by atoms with Crippen LogP contribution in [0.1, 0.15) is 42.3 Å². The van der Waals surface area contributed by atoms with Crippen molar-refractivity contribution in [2.24, 2.45) is 5.92 Å². The van der Waals surface area contributed by atoms with Crippen molar-refractivity contribution in [3.8, 4) is 11.1 Å². The average molecular weight is 390 g/mol. The topological polar surface area (TPSA) is 89.7 Å². The molecule has 3 N–H and O–H groups in total. The van der Waals surface area contributed by atoms with Crippen LogP contribution in [0.25, 0.3) is 11.1 Å². The second kappa shape index (κ2) is 7.48. The number of fused-ring (bicyclic) bond motifs is 1. The number of rotatable bonds is 7. The van der Waals surface area contributed by atoms with E-state index in [0.29, 0.717) is 6.54 Å². The van der Waals surface area contributed by atoms with E-state index >= 15 is 0 Å². The predicted molar refractivity (Wildman–Crippen MR) is 112 cm³/mol. The molecule has 1 saturated carbocycles. The quantitative estimate of drug-likeness (QED) is 0.535. The van der Waals surface area contributed by atoms with Crippen molar-refractivity contribution in [2.45, 2.75) is 38.6 Å². The number of aryl methyl sites for hydroxylation is 1. The molecule has 1 aliphatic carbocycles. The monoisotopic (exact) mass is 390 g/mol. The molecule has 7 nitrogen and oxygen atoms in total. The van der Waals surface area contributed by atoms with Gasteiger partial charge in [-0.3, -0.25) is 15.1 Å². The molecule has 3 aromatic rings. The molecule has 0 radical (unpaired) electrons. The van der Waals surface area contributed by atoms with Gasteiger partial charge in [0, 0.05) is 47.7 Å². The summed E-state index contributed by atoms with van der Waals surface area (Å²) >= 11 is 0. The summed E-state index contributed by atoms with van der Waals surface area (Å²) in [6.45, 7) is 3.39. The zero-order chi connectivity index (χ0) is 19.8. The Hall–Kier alpha value is -2.93. The molecule has 1 aliphatic heterocycles.